The Bertz CT molecular complexity index is 1140. The smallest absolute Gasteiger partial charge is 0.226 e. The maximum atomic E-state index is 5.53. The van der Waals surface area contributed by atoms with E-state index in [1.54, 1.807) is 6.20 Å². The molecule has 3 atom stereocenters. The molecule has 4 heterocycles. The minimum Gasteiger partial charge on any atom is -0.345 e. The Morgan fingerprint density at radius 1 is 1.25 bits per heavy atom. The first-order valence-electron chi connectivity index (χ1n) is 10.3. The van der Waals surface area contributed by atoms with Gasteiger partial charge in [-0.1, -0.05) is 18.5 Å². The molecule has 0 unspecified atom stereocenters. The minimum atomic E-state index is 0.385. The van der Waals surface area contributed by atoms with Crippen LogP contribution in [0.25, 0.3) is 16.8 Å². The van der Waals surface area contributed by atoms with Crippen molar-refractivity contribution in [2.24, 2.45) is 11.8 Å². The van der Waals surface area contributed by atoms with E-state index in [-0.39, 0.29) is 0 Å². The fourth-order valence-electron chi connectivity index (χ4n) is 4.92. The number of hydrogen-bond donors (Lipinski definition) is 1. The second-order valence-corrected chi connectivity index (χ2v) is 8.36. The predicted octanol–water partition coefficient (Wildman–Crippen LogP) is 3.63. The lowest BCUT2D eigenvalue weighted by Gasteiger charge is -2.16. The highest BCUT2D eigenvalue weighted by Crippen LogP contribution is 2.46. The predicted molar refractivity (Wildman–Crippen MR) is 102 cm³/mol. The molecule has 28 heavy (non-hydrogen) atoms. The first-order valence-corrected chi connectivity index (χ1v) is 10.3. The summed E-state index contributed by atoms with van der Waals surface area (Å²) in [5.41, 5.74) is 2.72. The molecule has 4 aromatic heterocycles. The van der Waals surface area contributed by atoms with Crippen molar-refractivity contribution in [3.8, 4) is 0 Å². The van der Waals surface area contributed by atoms with Crippen LogP contribution in [0.1, 0.15) is 68.4 Å². The summed E-state index contributed by atoms with van der Waals surface area (Å²) in [6, 6.07) is 2.05. The molecule has 0 spiro atoms. The first-order chi connectivity index (χ1) is 13.8. The summed E-state index contributed by atoms with van der Waals surface area (Å²) in [6.45, 7) is 2.27. The fraction of sp³-hybridized carbons (Fsp3) is 0.550. The van der Waals surface area contributed by atoms with Crippen LogP contribution in [0.3, 0.4) is 0 Å². The van der Waals surface area contributed by atoms with Crippen molar-refractivity contribution >= 4 is 16.8 Å². The Hall–Kier alpha value is -2.77. The van der Waals surface area contributed by atoms with Gasteiger partial charge in [-0.3, -0.25) is 4.40 Å². The molecule has 0 aromatic carbocycles. The van der Waals surface area contributed by atoms with E-state index in [1.165, 1.54) is 19.3 Å². The zero-order valence-electron chi connectivity index (χ0n) is 15.9. The highest BCUT2D eigenvalue weighted by Gasteiger charge is 2.38. The van der Waals surface area contributed by atoms with Gasteiger partial charge in [0.1, 0.15) is 5.82 Å². The highest BCUT2D eigenvalue weighted by molar-refractivity contribution is 5.74. The summed E-state index contributed by atoms with van der Waals surface area (Å²) in [6.07, 6.45) is 10.4. The molecule has 4 aromatic rings. The van der Waals surface area contributed by atoms with Gasteiger partial charge in [0, 0.05) is 24.5 Å². The number of H-pyrrole nitrogens is 1. The molecule has 8 nitrogen and oxygen atoms in total. The van der Waals surface area contributed by atoms with Gasteiger partial charge in [-0.05, 0) is 43.6 Å². The van der Waals surface area contributed by atoms with Crippen LogP contribution in [-0.4, -0.2) is 34.7 Å². The fourth-order valence-corrected chi connectivity index (χ4v) is 4.92. The second kappa shape index (κ2) is 6.12. The molecule has 0 aliphatic heterocycles. The van der Waals surface area contributed by atoms with Crippen molar-refractivity contribution in [3.63, 3.8) is 0 Å². The molecule has 2 aliphatic carbocycles. The summed E-state index contributed by atoms with van der Waals surface area (Å²) in [5, 5.41) is 13.2. The van der Waals surface area contributed by atoms with Crippen LogP contribution in [0.2, 0.25) is 0 Å². The van der Waals surface area contributed by atoms with Crippen LogP contribution in [-0.2, 0) is 6.42 Å². The van der Waals surface area contributed by atoms with E-state index < -0.39 is 0 Å². The lowest BCUT2D eigenvalue weighted by Crippen LogP contribution is -2.09. The van der Waals surface area contributed by atoms with Crippen molar-refractivity contribution < 1.29 is 4.52 Å². The average molecular weight is 377 g/mol. The third-order valence-electron chi connectivity index (χ3n) is 6.51. The molecule has 2 aliphatic rings. The van der Waals surface area contributed by atoms with Crippen LogP contribution in [0.5, 0.6) is 0 Å². The van der Waals surface area contributed by atoms with Crippen molar-refractivity contribution in [3.05, 3.63) is 36.0 Å². The Labute approximate surface area is 161 Å². The normalized spacial score (nSPS) is 25.2. The lowest BCUT2D eigenvalue weighted by atomic mass is 9.93. The van der Waals surface area contributed by atoms with Crippen molar-refractivity contribution in [1.82, 2.24) is 34.7 Å². The maximum absolute atomic E-state index is 5.53. The van der Waals surface area contributed by atoms with Crippen molar-refractivity contribution in [2.45, 2.75) is 57.3 Å². The van der Waals surface area contributed by atoms with Gasteiger partial charge in [0.25, 0.3) is 0 Å². The second-order valence-electron chi connectivity index (χ2n) is 8.36. The van der Waals surface area contributed by atoms with Crippen LogP contribution >= 0.6 is 0 Å². The quantitative estimate of drug-likeness (QED) is 0.570. The van der Waals surface area contributed by atoms with E-state index in [2.05, 4.69) is 41.6 Å². The molecular formula is C20H23N7O. The van der Waals surface area contributed by atoms with Gasteiger partial charge >= 0.3 is 0 Å². The summed E-state index contributed by atoms with van der Waals surface area (Å²) in [4.78, 5) is 12.3. The molecule has 2 saturated carbocycles. The molecule has 6 rings (SSSR count). The maximum Gasteiger partial charge on any atom is 0.226 e. The topological polar surface area (TPSA) is 97.8 Å². The molecule has 2 fully saturated rings. The SMILES string of the molecule is CC[C@@H]1C[C@H](Cc2nc(C3CC3)no2)C[C@@H]1c1nnc2cnc3[nH]ccc3n12. The zero-order valence-corrected chi connectivity index (χ0v) is 15.9. The van der Waals surface area contributed by atoms with Crippen molar-refractivity contribution in [1.29, 1.82) is 0 Å². The Kier molecular flexibility index (Phi) is 3.54. The molecule has 144 valence electrons. The summed E-state index contributed by atoms with van der Waals surface area (Å²) < 4.78 is 7.71. The van der Waals surface area contributed by atoms with Gasteiger partial charge in [-0.25, -0.2) is 4.98 Å². The van der Waals surface area contributed by atoms with Crippen LogP contribution in [0.4, 0.5) is 0 Å². The first kappa shape index (κ1) is 16.2. The monoisotopic (exact) mass is 377 g/mol. The van der Waals surface area contributed by atoms with E-state index in [1.807, 2.05) is 12.3 Å². The number of rotatable bonds is 5. The van der Waals surface area contributed by atoms with Gasteiger partial charge in [-0.15, -0.1) is 10.2 Å². The summed E-state index contributed by atoms with van der Waals surface area (Å²) in [5.74, 6) is 4.81. The molecular weight excluding hydrogens is 354 g/mol. The molecule has 0 radical (unpaired) electrons. The van der Waals surface area contributed by atoms with E-state index in [9.17, 15) is 0 Å². The van der Waals surface area contributed by atoms with Gasteiger partial charge in [-0.2, -0.15) is 4.98 Å². The van der Waals surface area contributed by atoms with Gasteiger partial charge in [0.2, 0.25) is 5.89 Å². The van der Waals surface area contributed by atoms with Gasteiger partial charge < -0.3 is 9.51 Å². The van der Waals surface area contributed by atoms with Crippen LogP contribution in [0.15, 0.2) is 23.0 Å². The van der Waals surface area contributed by atoms with Crippen LogP contribution in [0, 0.1) is 11.8 Å². The molecule has 8 heteroatoms. The lowest BCUT2D eigenvalue weighted by molar-refractivity contribution is 0.346. The van der Waals surface area contributed by atoms with E-state index in [0.29, 0.717) is 23.7 Å². The van der Waals surface area contributed by atoms with E-state index in [4.69, 9.17) is 4.52 Å². The number of nitrogens with one attached hydrogen (secondary N) is 1. The molecule has 1 N–H and O–H groups in total. The molecule has 0 bridgehead atoms. The third-order valence-corrected chi connectivity index (χ3v) is 6.51. The minimum absolute atomic E-state index is 0.385. The number of aromatic amines is 1. The Morgan fingerprint density at radius 3 is 3.04 bits per heavy atom. The molecule has 0 saturated heterocycles. The van der Waals surface area contributed by atoms with Crippen molar-refractivity contribution in [2.75, 3.05) is 0 Å². The summed E-state index contributed by atoms with van der Waals surface area (Å²) >= 11 is 0. The van der Waals surface area contributed by atoms with E-state index >= 15 is 0 Å². The third kappa shape index (κ3) is 2.54. The highest BCUT2D eigenvalue weighted by atomic mass is 16.5. The summed E-state index contributed by atoms with van der Waals surface area (Å²) in [7, 11) is 0. The number of aromatic nitrogens is 7. The van der Waals surface area contributed by atoms with Gasteiger partial charge in [0.05, 0.1) is 11.7 Å². The number of hydrogen-bond acceptors (Lipinski definition) is 6. The molecule has 0 amide bonds. The Morgan fingerprint density at radius 2 is 2.18 bits per heavy atom. The van der Waals surface area contributed by atoms with E-state index in [0.717, 1.165) is 53.6 Å². The Balaban J connectivity index is 1.30. The average Bonchev–Trinajstić information content (AvgIpc) is 3.12. The van der Waals surface area contributed by atoms with Gasteiger partial charge in [0.15, 0.2) is 17.1 Å². The number of fused-ring (bicyclic) bond motifs is 3. The number of nitrogens with zero attached hydrogens (tertiary/aromatic N) is 6. The largest absolute Gasteiger partial charge is 0.345 e. The van der Waals surface area contributed by atoms with Crippen LogP contribution < -0.4 is 0 Å². The zero-order chi connectivity index (χ0) is 18.7. The standard InChI is InChI=1S/C20H23N7O/c1-2-12-7-11(9-17-23-18(26-28-17)13-3-4-13)8-14(12)20-25-24-16-10-22-19-15(27(16)20)5-6-21-19/h5-6,10-14,21H,2-4,7-9H2,1H3/t11-,12+,14-/m0/s1.